The van der Waals surface area contributed by atoms with Crippen molar-refractivity contribution in [3.8, 4) is 11.8 Å². The molecule has 1 N–H and O–H groups in total. The van der Waals surface area contributed by atoms with Gasteiger partial charge in [-0.3, -0.25) is 9.59 Å². The van der Waals surface area contributed by atoms with Gasteiger partial charge in [-0.25, -0.2) is 0 Å². The van der Waals surface area contributed by atoms with E-state index in [2.05, 4.69) is 11.4 Å². The van der Waals surface area contributed by atoms with Gasteiger partial charge < -0.3 is 19.4 Å². The fraction of sp³-hybridized carbons (Fsp3) is 0.269. The van der Waals surface area contributed by atoms with E-state index in [1.807, 2.05) is 73.0 Å². The molecule has 33 heavy (non-hydrogen) atoms. The van der Waals surface area contributed by atoms with Crippen molar-refractivity contribution in [1.29, 1.82) is 5.26 Å². The van der Waals surface area contributed by atoms with Crippen LogP contribution >= 0.6 is 0 Å². The molecule has 2 aromatic carbocycles. The van der Waals surface area contributed by atoms with Crippen LogP contribution in [0.2, 0.25) is 0 Å². The summed E-state index contributed by atoms with van der Waals surface area (Å²) in [7, 11) is 1.58. The Balaban J connectivity index is 1.63. The van der Waals surface area contributed by atoms with E-state index in [0.29, 0.717) is 30.1 Å². The monoisotopic (exact) mass is 445 g/mol. The number of anilines is 1. The van der Waals surface area contributed by atoms with Crippen molar-refractivity contribution in [2.24, 2.45) is 0 Å². The molecule has 3 aromatic rings. The Hall–Kier alpha value is -4.05. The van der Waals surface area contributed by atoms with Crippen molar-refractivity contribution in [2.45, 2.75) is 33.2 Å². The van der Waals surface area contributed by atoms with Crippen LogP contribution in [0.1, 0.15) is 34.4 Å². The van der Waals surface area contributed by atoms with Gasteiger partial charge in [0.2, 0.25) is 0 Å². The zero-order valence-electron chi connectivity index (χ0n) is 19.1. The highest BCUT2D eigenvalue weighted by Gasteiger charge is 2.20. The van der Waals surface area contributed by atoms with E-state index in [1.54, 1.807) is 7.11 Å². The third-order valence-corrected chi connectivity index (χ3v) is 5.54. The average molecular weight is 446 g/mol. The van der Waals surface area contributed by atoms with Crippen LogP contribution in [0.5, 0.6) is 5.75 Å². The summed E-state index contributed by atoms with van der Waals surface area (Å²) in [6.45, 7) is 3.84. The lowest BCUT2D eigenvalue weighted by Crippen LogP contribution is -2.23. The highest BCUT2D eigenvalue weighted by Crippen LogP contribution is 2.27. The van der Waals surface area contributed by atoms with Gasteiger partial charge in [-0.2, -0.15) is 5.26 Å². The molecule has 0 bridgehead atoms. The van der Waals surface area contributed by atoms with Crippen LogP contribution in [0.3, 0.4) is 0 Å². The number of nitriles is 1. The summed E-state index contributed by atoms with van der Waals surface area (Å²) in [6, 6.07) is 19.4. The second-order valence-corrected chi connectivity index (χ2v) is 7.64. The van der Waals surface area contributed by atoms with Gasteiger partial charge in [0.15, 0.2) is 6.61 Å². The fourth-order valence-electron chi connectivity index (χ4n) is 3.63. The molecule has 7 heteroatoms. The van der Waals surface area contributed by atoms with Crippen LogP contribution < -0.4 is 10.1 Å². The molecule has 0 saturated carbocycles. The fourth-order valence-corrected chi connectivity index (χ4v) is 3.63. The number of para-hydroxylation sites is 1. The second-order valence-electron chi connectivity index (χ2n) is 7.64. The van der Waals surface area contributed by atoms with Gasteiger partial charge in [-0.1, -0.05) is 48.5 Å². The number of nitrogens with one attached hydrogen (secondary N) is 1. The number of methoxy groups -OCH3 is 1. The van der Waals surface area contributed by atoms with Crippen molar-refractivity contribution in [3.63, 3.8) is 0 Å². The van der Waals surface area contributed by atoms with E-state index in [-0.39, 0.29) is 6.42 Å². The lowest BCUT2D eigenvalue weighted by molar-refractivity contribution is -0.147. The Kier molecular flexibility index (Phi) is 7.87. The quantitative estimate of drug-likeness (QED) is 0.500. The normalized spacial score (nSPS) is 10.4. The molecular weight excluding hydrogens is 418 g/mol. The number of aryl methyl sites for hydroxylation is 1. The Bertz CT molecular complexity index is 1180. The van der Waals surface area contributed by atoms with Crippen molar-refractivity contribution >= 4 is 17.7 Å². The zero-order chi connectivity index (χ0) is 23.8. The Morgan fingerprint density at radius 2 is 1.76 bits per heavy atom. The van der Waals surface area contributed by atoms with Crippen LogP contribution in [-0.4, -0.2) is 30.2 Å². The molecule has 1 amide bonds. The van der Waals surface area contributed by atoms with E-state index in [1.165, 1.54) is 0 Å². The molecule has 170 valence electrons. The number of benzene rings is 2. The molecular formula is C26H27N3O4. The molecule has 1 aromatic heterocycles. The van der Waals surface area contributed by atoms with Crippen molar-refractivity contribution < 1.29 is 19.1 Å². The van der Waals surface area contributed by atoms with Crippen molar-refractivity contribution in [2.75, 3.05) is 19.0 Å². The molecule has 1 heterocycles. The molecule has 0 saturated heterocycles. The first-order valence-corrected chi connectivity index (χ1v) is 10.7. The first kappa shape index (κ1) is 23.6. The average Bonchev–Trinajstić information content (AvgIpc) is 3.05. The molecule has 0 atom stereocenters. The van der Waals surface area contributed by atoms with E-state index in [4.69, 9.17) is 9.47 Å². The van der Waals surface area contributed by atoms with Gasteiger partial charge in [0.05, 0.1) is 12.7 Å². The summed E-state index contributed by atoms with van der Waals surface area (Å²) in [5.41, 5.74) is 4.03. The molecule has 0 aliphatic carbocycles. The second kappa shape index (κ2) is 11.0. The third kappa shape index (κ3) is 5.80. The number of rotatable bonds is 9. The van der Waals surface area contributed by atoms with Gasteiger partial charge in [-0.05, 0) is 43.0 Å². The smallest absolute Gasteiger partial charge is 0.306 e. The Labute approximate surface area is 193 Å². The van der Waals surface area contributed by atoms with E-state index < -0.39 is 18.5 Å². The first-order chi connectivity index (χ1) is 15.9. The van der Waals surface area contributed by atoms with Crippen LogP contribution in [0, 0.1) is 25.2 Å². The lowest BCUT2D eigenvalue weighted by atomic mass is 10.1. The van der Waals surface area contributed by atoms with Crippen LogP contribution in [0.4, 0.5) is 5.82 Å². The number of esters is 1. The van der Waals surface area contributed by atoms with Gasteiger partial charge in [0.1, 0.15) is 17.6 Å². The Morgan fingerprint density at radius 3 is 2.45 bits per heavy atom. The highest BCUT2D eigenvalue weighted by molar-refractivity contribution is 5.93. The maximum atomic E-state index is 12.6. The molecule has 0 fully saturated rings. The molecule has 0 aliphatic rings. The number of ether oxygens (including phenoxy) is 2. The van der Waals surface area contributed by atoms with Gasteiger partial charge in [0, 0.05) is 18.7 Å². The summed E-state index contributed by atoms with van der Waals surface area (Å²) in [5.74, 6) is 0.135. The molecule has 7 nitrogen and oxygen atoms in total. The zero-order valence-corrected chi connectivity index (χ0v) is 19.1. The third-order valence-electron chi connectivity index (χ3n) is 5.54. The summed E-state index contributed by atoms with van der Waals surface area (Å²) in [5, 5.41) is 12.4. The summed E-state index contributed by atoms with van der Waals surface area (Å²) >= 11 is 0. The summed E-state index contributed by atoms with van der Waals surface area (Å²) in [6.07, 6.45) is 0.570. The Morgan fingerprint density at radius 1 is 1.06 bits per heavy atom. The predicted octanol–water partition coefficient (Wildman–Crippen LogP) is 4.15. The number of carbonyl (C=O) groups excluding carboxylic acids is 2. The maximum absolute atomic E-state index is 12.6. The predicted molar refractivity (Wildman–Crippen MR) is 125 cm³/mol. The molecule has 0 radical (unpaired) electrons. The number of amides is 1. The summed E-state index contributed by atoms with van der Waals surface area (Å²) < 4.78 is 12.3. The number of aromatic nitrogens is 1. The maximum Gasteiger partial charge on any atom is 0.306 e. The van der Waals surface area contributed by atoms with Gasteiger partial charge in [-0.15, -0.1) is 0 Å². The molecule has 3 rings (SSSR count). The number of hydrogen-bond donors (Lipinski definition) is 1. The minimum Gasteiger partial charge on any atom is -0.496 e. The van der Waals surface area contributed by atoms with Gasteiger partial charge in [0.25, 0.3) is 5.91 Å². The minimum absolute atomic E-state index is 0.125. The highest BCUT2D eigenvalue weighted by atomic mass is 16.5. The van der Waals surface area contributed by atoms with Gasteiger partial charge >= 0.3 is 5.97 Å². The molecule has 0 unspecified atom stereocenters. The van der Waals surface area contributed by atoms with Crippen LogP contribution in [0.15, 0.2) is 54.6 Å². The van der Waals surface area contributed by atoms with Crippen molar-refractivity contribution in [3.05, 3.63) is 82.5 Å². The first-order valence-electron chi connectivity index (χ1n) is 10.7. The van der Waals surface area contributed by atoms with E-state index in [9.17, 15) is 14.9 Å². The largest absolute Gasteiger partial charge is 0.496 e. The van der Waals surface area contributed by atoms with Crippen LogP contribution in [-0.2, 0) is 27.3 Å². The lowest BCUT2D eigenvalue weighted by Gasteiger charge is -2.13. The number of hydrogen-bond acceptors (Lipinski definition) is 5. The minimum atomic E-state index is -0.496. The number of carbonyl (C=O) groups is 2. The van der Waals surface area contributed by atoms with E-state index >= 15 is 0 Å². The molecule has 0 spiro atoms. The summed E-state index contributed by atoms with van der Waals surface area (Å²) in [4.78, 5) is 24.7. The number of nitrogens with zero attached hydrogens (tertiary/aromatic N) is 2. The van der Waals surface area contributed by atoms with Crippen molar-refractivity contribution in [1.82, 2.24) is 4.57 Å². The van der Waals surface area contributed by atoms with E-state index in [0.717, 1.165) is 22.4 Å². The standard InChI is InChI=1S/C26H27N3O4/c1-18-19(2)29(16-20-9-5-4-6-10-20)26(22(18)15-27)28-24(30)17-33-25(31)14-13-21-11-7-8-12-23(21)32-3/h4-12H,13-14,16-17H2,1-3H3,(H,28,30). The SMILES string of the molecule is COc1ccccc1CCC(=O)OCC(=O)Nc1c(C#N)c(C)c(C)n1Cc1ccccc1. The molecule has 0 aliphatic heterocycles. The van der Waals surface area contributed by atoms with Crippen LogP contribution in [0.25, 0.3) is 0 Å². The topological polar surface area (TPSA) is 93.3 Å².